The summed E-state index contributed by atoms with van der Waals surface area (Å²) in [5.74, 6) is -15.2. The Balaban J connectivity index is 0.818. The number of amides is 3. The second kappa shape index (κ2) is 32.8. The van der Waals surface area contributed by atoms with Crippen molar-refractivity contribution in [1.82, 2.24) is 45.5 Å². The maximum absolute atomic E-state index is 14.5. The lowest BCUT2D eigenvalue weighted by Crippen LogP contribution is -2.64. The van der Waals surface area contributed by atoms with Gasteiger partial charge in [0.05, 0.1) is 61.6 Å². The van der Waals surface area contributed by atoms with E-state index in [9.17, 15) is 91.5 Å². The molecule has 4 saturated heterocycles. The highest BCUT2D eigenvalue weighted by molar-refractivity contribution is 5.89. The lowest BCUT2D eigenvalue weighted by Gasteiger charge is -2.48. The fraction of sp³-hybridized carbons (Fsp3) is 0.606. The number of rotatable bonds is 24. The molecule has 11 N–H and O–H groups in total. The van der Waals surface area contributed by atoms with Gasteiger partial charge < -0.3 is 99.4 Å². The maximum atomic E-state index is 14.5. The Labute approximate surface area is 578 Å². The van der Waals surface area contributed by atoms with Gasteiger partial charge in [-0.3, -0.25) is 14.4 Å². The van der Waals surface area contributed by atoms with Gasteiger partial charge in [-0.15, -0.1) is 10.2 Å². The summed E-state index contributed by atoms with van der Waals surface area (Å²) in [6.45, 7) is 3.60. The minimum atomic E-state index is -1.97. The minimum absolute atomic E-state index is 0.0456. The fourth-order valence-corrected chi connectivity index (χ4v) is 13.8. The predicted molar refractivity (Wildman–Crippen MR) is 332 cm³/mol. The molecule has 2 saturated carbocycles. The summed E-state index contributed by atoms with van der Waals surface area (Å²) in [6, 6.07) is 7.39. The average molecular weight is 1450 g/mol. The Bertz CT molecular complexity index is 3680. The molecule has 15 unspecified atom stereocenters. The number of hydrogen-bond acceptors (Lipinski definition) is 25. The van der Waals surface area contributed by atoms with Gasteiger partial charge in [-0.2, -0.15) is 0 Å². The molecule has 30 nitrogen and oxygen atoms in total. The fourth-order valence-electron chi connectivity index (χ4n) is 13.8. The van der Waals surface area contributed by atoms with E-state index >= 15 is 0 Å². The Kier molecular flexibility index (Phi) is 24.4. The van der Waals surface area contributed by atoms with Gasteiger partial charge in [-0.25, -0.2) is 40.5 Å². The van der Waals surface area contributed by atoms with E-state index in [0.29, 0.717) is 43.8 Å². The molecule has 11 rings (SSSR count). The molecule has 0 radical (unpaired) electrons. The molecule has 2 aliphatic carbocycles. The summed E-state index contributed by atoms with van der Waals surface area (Å²) in [5, 5.41) is 122. The van der Waals surface area contributed by atoms with E-state index in [4.69, 9.17) is 37.9 Å². The van der Waals surface area contributed by atoms with Gasteiger partial charge in [0.1, 0.15) is 84.6 Å². The summed E-state index contributed by atoms with van der Waals surface area (Å²) >= 11 is 0. The lowest BCUT2D eigenvalue weighted by atomic mass is 9.77. The van der Waals surface area contributed by atoms with Gasteiger partial charge >= 0.3 is 5.97 Å². The van der Waals surface area contributed by atoms with Crippen LogP contribution in [0.5, 0.6) is 0 Å². The highest BCUT2D eigenvalue weighted by Crippen LogP contribution is 2.42. The first kappa shape index (κ1) is 75.9. The van der Waals surface area contributed by atoms with Crippen LogP contribution >= 0.6 is 0 Å². The van der Waals surface area contributed by atoms with Crippen LogP contribution in [0.4, 0.5) is 26.3 Å². The summed E-state index contributed by atoms with van der Waals surface area (Å²) < 4.78 is 137. The zero-order valence-corrected chi connectivity index (χ0v) is 55.2. The number of carbonyl (C=O) groups is 4. The van der Waals surface area contributed by atoms with Crippen LogP contribution in [0.25, 0.3) is 22.5 Å². The lowest BCUT2D eigenvalue weighted by molar-refractivity contribution is -0.349. The number of hydrogen-bond donors (Lipinski definition) is 11. The normalized spacial score (nSPS) is 33.8. The third kappa shape index (κ3) is 16.3. The summed E-state index contributed by atoms with van der Waals surface area (Å²) in [5.41, 5.74) is -0.939. The molecule has 6 heterocycles. The van der Waals surface area contributed by atoms with Crippen molar-refractivity contribution < 1.29 is 129 Å². The van der Waals surface area contributed by atoms with Crippen molar-refractivity contribution in [3.63, 3.8) is 0 Å². The van der Waals surface area contributed by atoms with Crippen LogP contribution in [-0.2, 0) is 52.3 Å². The van der Waals surface area contributed by atoms with E-state index in [2.05, 4.69) is 31.3 Å². The standard InChI is InChI=1S/C66H81F6N9O21/c1-4-9-42(62(93)79-14-8-15-79)96-58-53(87)46(27-83)100-66(59(58)101-63(94)30-10-6-5-7-11-30)98-44-23-33(16-28(2)57(44)102-65-56(90)55(89)50(84)29(3)95-65)60(91)73-12-13-74-61(92)34-21-41(80-24-39(75-77-80)31-17-35(67)47(71)36(68)18-31)51(85)43(22-34)97-64-54(88)49(52(86)45(26-82)99-64)81-25-40(76-78-81)32-19-37(69)48(72)38(70)20-32/h5-7,10-11,17-20,24-25,28-29,33-34,41-46,49-59,64-66,82-90H,4,8-9,12-16,21-23,26-27H2,1-3H3,(H,73,91)(H,74,92)/t28?,29?,33?,34?,41?,42-,43+,44+,45?,46?,49?,50+,51?,52-,53-,54?,55?,56?,57?,58?,59?,64+,65-,66+/m0/s1. The minimum Gasteiger partial charge on any atom is -0.450 e. The molecule has 2 aromatic heterocycles. The maximum Gasteiger partial charge on any atom is 0.338 e. The van der Waals surface area contributed by atoms with Crippen LogP contribution in [0, 0.1) is 52.7 Å². The Morgan fingerprint density at radius 3 is 1.72 bits per heavy atom. The Hall–Kier alpha value is -7.24. The van der Waals surface area contributed by atoms with Crippen molar-refractivity contribution in [3.8, 4) is 22.5 Å². The van der Waals surface area contributed by atoms with E-state index in [1.54, 1.807) is 30.0 Å². The van der Waals surface area contributed by atoms with E-state index in [1.165, 1.54) is 19.1 Å². The topological polar surface area (TPSA) is 413 Å². The van der Waals surface area contributed by atoms with E-state index < -0.39 is 212 Å². The van der Waals surface area contributed by atoms with Crippen molar-refractivity contribution in [2.24, 2.45) is 17.8 Å². The number of ether oxygens (including phenoxy) is 8. The largest absolute Gasteiger partial charge is 0.450 e. The Morgan fingerprint density at radius 1 is 0.598 bits per heavy atom. The SMILES string of the molecule is CCC[C@H](OC1C(OC(=O)c2ccccc2)[C@H](O[C@@H]2CC(C(=O)NCCNC(=O)C3CC(n4cc(-c5cc(F)c(F)c(F)c5)nn4)C(O)[C@H](O[C@@H]4OC(CO)[C@H](O)C(n5cc(-c6cc(F)c(F)c(F)c6)nn5)C4O)C3)CC(C)C2O[C@@H]2OC(C)[C@@H](O)C(O)C2O)OC(CO)[C@@H]1O)C(=O)N1CCC1. The average Bonchev–Trinajstić information content (AvgIpc) is 1.13. The molecule has 36 heteroatoms. The monoisotopic (exact) mass is 1450 g/mol. The molecule has 6 fully saturated rings. The number of carbonyl (C=O) groups excluding carboxylic acids is 4. The molecule has 102 heavy (non-hydrogen) atoms. The van der Waals surface area contributed by atoms with Crippen LogP contribution in [0.15, 0.2) is 67.0 Å². The van der Waals surface area contributed by atoms with Gasteiger partial charge in [-0.05, 0) is 87.8 Å². The van der Waals surface area contributed by atoms with Crippen molar-refractivity contribution in [2.75, 3.05) is 39.4 Å². The highest BCUT2D eigenvalue weighted by Gasteiger charge is 2.55. The quantitative estimate of drug-likeness (QED) is 0.0172. The molecule has 5 aromatic rings. The van der Waals surface area contributed by atoms with Gasteiger partial charge in [0.2, 0.25) is 11.8 Å². The first-order valence-electron chi connectivity index (χ1n) is 33.6. The molecule has 4 aliphatic heterocycles. The summed E-state index contributed by atoms with van der Waals surface area (Å²) in [7, 11) is 0. The zero-order valence-electron chi connectivity index (χ0n) is 55.2. The number of halogens is 6. The second-order valence-electron chi connectivity index (χ2n) is 26.5. The number of nitrogens with one attached hydrogen (secondary N) is 2. The van der Waals surface area contributed by atoms with Crippen LogP contribution in [-0.4, -0.2) is 260 Å². The predicted octanol–water partition coefficient (Wildman–Crippen LogP) is 0.382. The molecule has 0 bridgehead atoms. The van der Waals surface area contributed by atoms with Crippen LogP contribution in [0.1, 0.15) is 88.2 Å². The Morgan fingerprint density at radius 2 is 1.14 bits per heavy atom. The molecular formula is C66H81F6N9O21. The third-order valence-corrected chi connectivity index (χ3v) is 19.5. The van der Waals surface area contributed by atoms with Crippen molar-refractivity contribution >= 4 is 23.7 Å². The molecular weight excluding hydrogens is 1370 g/mol. The smallest absolute Gasteiger partial charge is 0.338 e. The van der Waals surface area contributed by atoms with Crippen molar-refractivity contribution in [3.05, 3.63) is 107 Å². The highest BCUT2D eigenvalue weighted by atomic mass is 19.2. The number of likely N-dealkylation sites (tertiary alicyclic amines) is 1. The molecule has 558 valence electrons. The zero-order chi connectivity index (χ0) is 73.1. The number of benzene rings is 3. The third-order valence-electron chi connectivity index (χ3n) is 19.5. The van der Waals surface area contributed by atoms with E-state index in [1.807, 2.05) is 6.92 Å². The molecule has 0 spiro atoms. The molecule has 6 aliphatic rings. The van der Waals surface area contributed by atoms with E-state index in [0.717, 1.165) is 28.2 Å². The van der Waals surface area contributed by atoms with Gasteiger partial charge in [0, 0.05) is 49.1 Å². The number of esters is 1. The molecule has 3 amide bonds. The second-order valence-corrected chi connectivity index (χ2v) is 26.5. The van der Waals surface area contributed by atoms with Gasteiger partial charge in [0.25, 0.3) is 5.91 Å². The summed E-state index contributed by atoms with van der Waals surface area (Å²) in [4.78, 5) is 58.5. The summed E-state index contributed by atoms with van der Waals surface area (Å²) in [6.07, 6.45) is -27.4. The van der Waals surface area contributed by atoms with E-state index in [-0.39, 0.29) is 79.2 Å². The van der Waals surface area contributed by atoms with Crippen molar-refractivity contribution in [1.29, 1.82) is 0 Å². The molecule has 24 atom stereocenters. The number of aromatic nitrogens is 6. The number of aliphatic hydroxyl groups is 9. The number of aliphatic hydroxyl groups excluding tert-OH is 9. The first-order valence-corrected chi connectivity index (χ1v) is 33.6. The van der Waals surface area contributed by atoms with Crippen LogP contribution < -0.4 is 10.6 Å². The number of nitrogens with zero attached hydrogens (tertiary/aromatic N) is 7. The molecule has 3 aromatic carbocycles. The van der Waals surface area contributed by atoms with Gasteiger partial charge in [0.15, 0.2) is 59.9 Å². The van der Waals surface area contributed by atoms with Crippen LogP contribution in [0.2, 0.25) is 0 Å². The van der Waals surface area contributed by atoms with Gasteiger partial charge in [-0.1, -0.05) is 48.9 Å². The van der Waals surface area contributed by atoms with Crippen LogP contribution in [0.3, 0.4) is 0 Å². The first-order chi connectivity index (χ1) is 48.8. The van der Waals surface area contributed by atoms with Crippen molar-refractivity contribution in [2.45, 2.75) is 194 Å².